The van der Waals surface area contributed by atoms with Crippen molar-refractivity contribution in [1.82, 2.24) is 5.32 Å². The van der Waals surface area contributed by atoms with Crippen LogP contribution in [0.3, 0.4) is 0 Å². The molecule has 0 unspecified atom stereocenters. The molecule has 3 nitrogen and oxygen atoms in total. The molecule has 0 radical (unpaired) electrons. The summed E-state index contributed by atoms with van der Waals surface area (Å²) in [6, 6.07) is 0. The summed E-state index contributed by atoms with van der Waals surface area (Å²) in [6.45, 7) is 5.19. The first-order chi connectivity index (χ1) is 5.56. The van der Waals surface area contributed by atoms with Crippen molar-refractivity contribution in [2.45, 2.75) is 26.7 Å². The minimum atomic E-state index is -0.198. The molecule has 0 aliphatic carbocycles. The van der Waals surface area contributed by atoms with Crippen molar-refractivity contribution in [3.8, 4) is 0 Å². The molecule has 1 amide bonds. The number of nitrogens with one attached hydrogen (secondary N) is 1. The average molecular weight is 172 g/mol. The molecule has 0 heterocycles. The largest absolute Gasteiger partial charge is 0.370 e. The molecular formula is C9H20N2O. The number of carbonyl (C=O) groups is 1. The van der Waals surface area contributed by atoms with Crippen molar-refractivity contribution in [3.63, 3.8) is 0 Å². The van der Waals surface area contributed by atoms with Crippen molar-refractivity contribution in [2.75, 3.05) is 13.6 Å². The van der Waals surface area contributed by atoms with Crippen LogP contribution in [0.5, 0.6) is 0 Å². The van der Waals surface area contributed by atoms with Crippen LogP contribution in [0.4, 0.5) is 0 Å². The van der Waals surface area contributed by atoms with Gasteiger partial charge in [0.05, 0.1) is 0 Å². The fourth-order valence-corrected chi connectivity index (χ4v) is 1.48. The Morgan fingerprint density at radius 1 is 1.50 bits per heavy atom. The lowest BCUT2D eigenvalue weighted by Gasteiger charge is -2.16. The minimum absolute atomic E-state index is 0.198. The Hall–Kier alpha value is -0.570. The van der Waals surface area contributed by atoms with Crippen LogP contribution in [0, 0.1) is 11.8 Å². The van der Waals surface area contributed by atoms with Crippen molar-refractivity contribution >= 4 is 5.91 Å². The summed E-state index contributed by atoms with van der Waals surface area (Å²) in [5, 5.41) is 3.07. The fourth-order valence-electron chi connectivity index (χ4n) is 1.48. The SMILES string of the molecule is CNC[C@H](CC(N)=O)CC(C)C. The molecule has 0 saturated carbocycles. The maximum absolute atomic E-state index is 10.7. The highest BCUT2D eigenvalue weighted by Gasteiger charge is 2.12. The Balaban J connectivity index is 3.77. The zero-order chi connectivity index (χ0) is 9.56. The van der Waals surface area contributed by atoms with Crippen LogP contribution in [-0.2, 0) is 4.79 Å². The monoisotopic (exact) mass is 172 g/mol. The highest BCUT2D eigenvalue weighted by atomic mass is 16.1. The average Bonchev–Trinajstić information content (AvgIpc) is 1.84. The van der Waals surface area contributed by atoms with Crippen LogP contribution in [0.15, 0.2) is 0 Å². The highest BCUT2D eigenvalue weighted by molar-refractivity contribution is 5.74. The van der Waals surface area contributed by atoms with E-state index in [0.717, 1.165) is 13.0 Å². The van der Waals surface area contributed by atoms with Gasteiger partial charge in [-0.1, -0.05) is 13.8 Å². The number of nitrogens with two attached hydrogens (primary N) is 1. The van der Waals surface area contributed by atoms with E-state index in [9.17, 15) is 4.79 Å². The zero-order valence-corrected chi connectivity index (χ0v) is 8.26. The molecule has 0 aromatic carbocycles. The molecule has 0 rings (SSSR count). The Labute approximate surface area is 74.7 Å². The predicted molar refractivity (Wildman–Crippen MR) is 50.7 cm³/mol. The van der Waals surface area contributed by atoms with E-state index < -0.39 is 0 Å². The van der Waals surface area contributed by atoms with Crippen LogP contribution < -0.4 is 11.1 Å². The molecular weight excluding hydrogens is 152 g/mol. The van der Waals surface area contributed by atoms with E-state index in [2.05, 4.69) is 19.2 Å². The van der Waals surface area contributed by atoms with Gasteiger partial charge in [-0.25, -0.2) is 0 Å². The van der Waals surface area contributed by atoms with Gasteiger partial charge in [0.1, 0.15) is 0 Å². The molecule has 0 aliphatic heterocycles. The second-order valence-corrected chi connectivity index (χ2v) is 3.72. The number of amides is 1. The third-order valence-corrected chi connectivity index (χ3v) is 1.79. The number of hydrogen-bond donors (Lipinski definition) is 2. The van der Waals surface area contributed by atoms with Gasteiger partial charge in [0.15, 0.2) is 0 Å². The molecule has 3 N–H and O–H groups in total. The molecule has 0 bridgehead atoms. The summed E-state index contributed by atoms with van der Waals surface area (Å²) in [7, 11) is 1.90. The topological polar surface area (TPSA) is 55.1 Å². The molecule has 0 spiro atoms. The fraction of sp³-hybridized carbons (Fsp3) is 0.889. The first kappa shape index (κ1) is 11.4. The number of carbonyl (C=O) groups excluding carboxylic acids is 1. The van der Waals surface area contributed by atoms with Crippen molar-refractivity contribution in [1.29, 1.82) is 0 Å². The zero-order valence-electron chi connectivity index (χ0n) is 8.26. The van der Waals surface area contributed by atoms with Crippen molar-refractivity contribution in [3.05, 3.63) is 0 Å². The van der Waals surface area contributed by atoms with Gasteiger partial charge in [0, 0.05) is 6.42 Å². The van der Waals surface area contributed by atoms with Crippen molar-refractivity contribution < 1.29 is 4.79 Å². The third kappa shape index (κ3) is 6.16. The molecule has 3 heteroatoms. The lowest BCUT2D eigenvalue weighted by Crippen LogP contribution is -2.25. The summed E-state index contributed by atoms with van der Waals surface area (Å²) in [4.78, 5) is 10.7. The molecule has 0 fully saturated rings. The maximum atomic E-state index is 10.7. The van der Waals surface area contributed by atoms with E-state index in [1.165, 1.54) is 0 Å². The molecule has 0 aliphatic rings. The standard InChI is InChI=1S/C9H20N2O/c1-7(2)4-8(6-11-3)5-9(10)12/h7-8,11H,4-6H2,1-3H3,(H2,10,12)/t8-/m0/s1. The van der Waals surface area contributed by atoms with Crippen molar-refractivity contribution in [2.24, 2.45) is 17.6 Å². The first-order valence-corrected chi connectivity index (χ1v) is 4.49. The van der Waals surface area contributed by atoms with Crippen LogP contribution in [0.2, 0.25) is 0 Å². The Morgan fingerprint density at radius 3 is 2.42 bits per heavy atom. The van der Waals surface area contributed by atoms with Gasteiger partial charge < -0.3 is 11.1 Å². The Kier molecular flexibility index (Phi) is 5.72. The molecule has 72 valence electrons. The normalized spacial score (nSPS) is 13.3. The van der Waals surface area contributed by atoms with E-state index in [4.69, 9.17) is 5.73 Å². The summed E-state index contributed by atoms with van der Waals surface area (Å²) < 4.78 is 0. The summed E-state index contributed by atoms with van der Waals surface area (Å²) in [5.41, 5.74) is 5.13. The number of hydrogen-bond acceptors (Lipinski definition) is 2. The molecule has 0 saturated heterocycles. The van der Waals surface area contributed by atoms with Crippen LogP contribution in [0.25, 0.3) is 0 Å². The minimum Gasteiger partial charge on any atom is -0.370 e. The number of primary amides is 1. The quantitative estimate of drug-likeness (QED) is 0.621. The lowest BCUT2D eigenvalue weighted by molar-refractivity contribution is -0.119. The maximum Gasteiger partial charge on any atom is 0.217 e. The summed E-state index contributed by atoms with van der Waals surface area (Å²) in [6.07, 6.45) is 1.56. The van der Waals surface area contributed by atoms with E-state index in [-0.39, 0.29) is 5.91 Å². The smallest absolute Gasteiger partial charge is 0.217 e. The van der Waals surface area contributed by atoms with Gasteiger partial charge in [-0.2, -0.15) is 0 Å². The van der Waals surface area contributed by atoms with E-state index in [0.29, 0.717) is 18.3 Å². The predicted octanol–water partition coefficient (Wildman–Crippen LogP) is 0.743. The van der Waals surface area contributed by atoms with Crippen LogP contribution in [0.1, 0.15) is 26.7 Å². The van der Waals surface area contributed by atoms with Crippen LogP contribution in [-0.4, -0.2) is 19.5 Å². The molecule has 1 atom stereocenters. The van der Waals surface area contributed by atoms with Gasteiger partial charge in [0.25, 0.3) is 0 Å². The highest BCUT2D eigenvalue weighted by Crippen LogP contribution is 2.13. The van der Waals surface area contributed by atoms with Gasteiger partial charge in [-0.3, -0.25) is 4.79 Å². The molecule has 12 heavy (non-hydrogen) atoms. The molecule has 0 aromatic heterocycles. The Morgan fingerprint density at radius 2 is 2.08 bits per heavy atom. The second-order valence-electron chi connectivity index (χ2n) is 3.72. The first-order valence-electron chi connectivity index (χ1n) is 4.49. The summed E-state index contributed by atoms with van der Waals surface area (Å²) >= 11 is 0. The summed E-state index contributed by atoms with van der Waals surface area (Å²) in [5.74, 6) is 0.825. The van der Waals surface area contributed by atoms with E-state index in [1.54, 1.807) is 0 Å². The Bertz CT molecular complexity index is 134. The van der Waals surface area contributed by atoms with Gasteiger partial charge in [-0.05, 0) is 31.8 Å². The van der Waals surface area contributed by atoms with E-state index in [1.807, 2.05) is 7.05 Å². The van der Waals surface area contributed by atoms with Gasteiger partial charge >= 0.3 is 0 Å². The third-order valence-electron chi connectivity index (χ3n) is 1.79. The van der Waals surface area contributed by atoms with Crippen LogP contribution >= 0.6 is 0 Å². The van der Waals surface area contributed by atoms with Gasteiger partial charge in [0.2, 0.25) is 5.91 Å². The van der Waals surface area contributed by atoms with E-state index >= 15 is 0 Å². The second kappa shape index (κ2) is 6.00. The van der Waals surface area contributed by atoms with Gasteiger partial charge in [-0.15, -0.1) is 0 Å². The lowest BCUT2D eigenvalue weighted by atomic mass is 9.94. The molecule has 0 aromatic rings. The number of rotatable bonds is 6.